The number of rotatable bonds is 11. The number of allylic oxidation sites excluding steroid dienone is 1. The van der Waals surface area contributed by atoms with Crippen LogP contribution in [0.25, 0.3) is 21.6 Å². The van der Waals surface area contributed by atoms with E-state index in [9.17, 15) is 22.8 Å². The lowest BCUT2D eigenvalue weighted by atomic mass is 10.1. The number of pyridine rings is 1. The molecule has 13 nitrogen and oxygen atoms in total. The molecule has 6 rings (SSSR count). The van der Waals surface area contributed by atoms with Crippen molar-refractivity contribution in [2.75, 3.05) is 27.3 Å². The average Bonchev–Trinajstić information content (AvgIpc) is 4.02. The van der Waals surface area contributed by atoms with Crippen LogP contribution in [-0.4, -0.2) is 84.8 Å². The Balaban J connectivity index is 1.27. The number of carbonyl (C=O) groups is 3. The Morgan fingerprint density at radius 1 is 1.19 bits per heavy atom. The van der Waals surface area contributed by atoms with Gasteiger partial charge in [-0.15, -0.1) is 11.3 Å². The number of thiazole rings is 1. The summed E-state index contributed by atoms with van der Waals surface area (Å²) in [6.45, 7) is 6.38. The normalized spacial score (nSPS) is 23.7. The van der Waals surface area contributed by atoms with Crippen molar-refractivity contribution in [3.05, 3.63) is 46.4 Å². The summed E-state index contributed by atoms with van der Waals surface area (Å²) in [4.78, 5) is 52.3. The van der Waals surface area contributed by atoms with Crippen LogP contribution >= 0.6 is 22.9 Å². The summed E-state index contributed by atoms with van der Waals surface area (Å²) in [7, 11) is -0.780. The van der Waals surface area contributed by atoms with Crippen LogP contribution in [0.2, 0.25) is 5.02 Å². The third-order valence-corrected chi connectivity index (χ3v) is 14.1. The fraction of sp³-hybridized carbons (Fsp3) is 0.541. The standard InChI is InChI=1S/C37H47ClN6O7S2/c1-6-36(15-16-36)53(48,49)43-34(46)37-20-23(37)11-9-7-8-10-17-44(4)35(47)41-25(32(45)42-37)14-18-51-29-19-26(33-40-27(21-52-33)22(2)3)39-31-24(29)12-13-28(50-5)30(31)38/h9,11-13,19,21-23,25H,6-8,10,14-18,20H2,1-5H3,(H,41,47)(H,42,45)(H,43,46)/b11-9-/t23?,25?,37-/m1/s1. The van der Waals surface area contributed by atoms with Gasteiger partial charge in [-0.1, -0.05) is 44.5 Å². The Hall–Kier alpha value is -3.95. The Kier molecular flexibility index (Phi) is 11.3. The number of nitrogens with one attached hydrogen (secondary N) is 3. The maximum Gasteiger partial charge on any atom is 0.317 e. The molecule has 1 aliphatic heterocycles. The number of amides is 4. The van der Waals surface area contributed by atoms with Crippen molar-refractivity contribution < 1.29 is 32.3 Å². The Morgan fingerprint density at radius 2 is 1.96 bits per heavy atom. The molecule has 16 heteroatoms. The third-order valence-electron chi connectivity index (χ3n) is 10.5. The molecule has 4 amide bonds. The monoisotopic (exact) mass is 786 g/mol. The Labute approximate surface area is 319 Å². The topological polar surface area (TPSA) is 169 Å². The minimum absolute atomic E-state index is 0.0185. The van der Waals surface area contributed by atoms with Crippen LogP contribution in [-0.2, 0) is 19.6 Å². The summed E-state index contributed by atoms with van der Waals surface area (Å²) in [5, 5.41) is 9.28. The highest BCUT2D eigenvalue weighted by Crippen LogP contribution is 2.48. The first-order valence-corrected chi connectivity index (χ1v) is 20.8. The molecule has 2 saturated carbocycles. The number of methoxy groups -OCH3 is 1. The lowest BCUT2D eigenvalue weighted by Crippen LogP contribution is -2.58. The Morgan fingerprint density at radius 3 is 2.64 bits per heavy atom. The highest BCUT2D eigenvalue weighted by atomic mass is 35.5. The smallest absolute Gasteiger partial charge is 0.317 e. The first-order valence-electron chi connectivity index (χ1n) is 18.1. The maximum atomic E-state index is 14.1. The third kappa shape index (κ3) is 7.97. The van der Waals surface area contributed by atoms with E-state index in [-0.39, 0.29) is 25.4 Å². The first kappa shape index (κ1) is 38.8. The maximum absolute atomic E-state index is 14.1. The van der Waals surface area contributed by atoms with Crippen molar-refractivity contribution in [1.82, 2.24) is 30.2 Å². The van der Waals surface area contributed by atoms with Crippen molar-refractivity contribution in [2.45, 2.75) is 94.4 Å². The zero-order valence-corrected chi connectivity index (χ0v) is 33.0. The van der Waals surface area contributed by atoms with Gasteiger partial charge in [0.1, 0.15) is 38.8 Å². The number of aromatic nitrogens is 2. The lowest BCUT2D eigenvalue weighted by Gasteiger charge is -2.26. The second-order valence-corrected chi connectivity index (χ2v) is 17.8. The molecule has 2 unspecified atom stereocenters. The van der Waals surface area contributed by atoms with Crippen molar-refractivity contribution >= 4 is 61.7 Å². The van der Waals surface area contributed by atoms with Crippen molar-refractivity contribution in [3.8, 4) is 22.2 Å². The number of hydrogen-bond donors (Lipinski definition) is 3. The van der Waals surface area contributed by atoms with Crippen LogP contribution < -0.4 is 24.8 Å². The van der Waals surface area contributed by atoms with Gasteiger partial charge in [-0.3, -0.25) is 14.3 Å². The summed E-state index contributed by atoms with van der Waals surface area (Å²) >= 11 is 8.19. The van der Waals surface area contributed by atoms with E-state index in [0.717, 1.165) is 25.0 Å². The summed E-state index contributed by atoms with van der Waals surface area (Å²) < 4.78 is 39.6. The molecule has 0 bridgehead atoms. The van der Waals surface area contributed by atoms with Gasteiger partial charge in [0.15, 0.2) is 0 Å². The summed E-state index contributed by atoms with van der Waals surface area (Å²) in [5.74, 6) is -0.675. The number of fused-ring (bicyclic) bond motifs is 2. The molecule has 0 saturated heterocycles. The highest BCUT2D eigenvalue weighted by molar-refractivity contribution is 7.91. The number of ether oxygens (including phenoxy) is 2. The van der Waals surface area contributed by atoms with Crippen molar-refractivity contribution in [3.63, 3.8) is 0 Å². The molecule has 53 heavy (non-hydrogen) atoms. The van der Waals surface area contributed by atoms with E-state index in [0.29, 0.717) is 63.9 Å². The number of carbonyl (C=O) groups excluding carboxylic acids is 3. The van der Waals surface area contributed by atoms with Gasteiger partial charge in [-0.25, -0.2) is 23.2 Å². The molecular formula is C37H47ClN6O7S2. The quantitative estimate of drug-likeness (QED) is 0.200. The molecule has 0 radical (unpaired) electrons. The van der Waals surface area contributed by atoms with E-state index in [2.05, 4.69) is 29.2 Å². The van der Waals surface area contributed by atoms with Gasteiger partial charge in [-0.2, -0.15) is 0 Å². The van der Waals surface area contributed by atoms with Gasteiger partial charge < -0.3 is 25.0 Å². The van der Waals surface area contributed by atoms with Gasteiger partial charge in [0.2, 0.25) is 15.9 Å². The molecule has 3 N–H and O–H groups in total. The molecule has 3 atom stereocenters. The summed E-state index contributed by atoms with van der Waals surface area (Å²) in [6.07, 6.45) is 7.72. The van der Waals surface area contributed by atoms with E-state index in [1.54, 1.807) is 32.2 Å². The minimum atomic E-state index is -3.96. The van der Waals surface area contributed by atoms with E-state index in [1.807, 2.05) is 17.5 Å². The van der Waals surface area contributed by atoms with Crippen LogP contribution in [0.4, 0.5) is 4.79 Å². The fourth-order valence-corrected chi connectivity index (χ4v) is 9.50. The van der Waals surface area contributed by atoms with Crippen LogP contribution in [0.15, 0.2) is 35.7 Å². The number of halogens is 1. The number of hydrogen-bond acceptors (Lipinski definition) is 10. The summed E-state index contributed by atoms with van der Waals surface area (Å²) in [5.41, 5.74) is 0.467. The molecule has 1 aromatic carbocycles. The van der Waals surface area contributed by atoms with Crippen LogP contribution in [0.1, 0.15) is 83.7 Å². The largest absolute Gasteiger partial charge is 0.495 e. The number of benzene rings is 1. The van der Waals surface area contributed by atoms with E-state index >= 15 is 0 Å². The van der Waals surface area contributed by atoms with E-state index in [1.165, 1.54) is 23.3 Å². The number of urea groups is 1. The molecule has 3 aromatic rings. The number of sulfonamides is 1. The van der Waals surface area contributed by atoms with Crippen molar-refractivity contribution in [1.29, 1.82) is 0 Å². The van der Waals surface area contributed by atoms with Crippen LogP contribution in [0, 0.1) is 5.92 Å². The zero-order chi connectivity index (χ0) is 38.1. The van der Waals surface area contributed by atoms with E-state index in [4.69, 9.17) is 31.0 Å². The van der Waals surface area contributed by atoms with E-state index < -0.39 is 50.1 Å². The molecular weight excluding hydrogens is 740 g/mol. The minimum Gasteiger partial charge on any atom is -0.495 e. The second kappa shape index (κ2) is 15.4. The van der Waals surface area contributed by atoms with Gasteiger partial charge in [0, 0.05) is 42.8 Å². The fourth-order valence-electron chi connectivity index (χ4n) is 6.61. The zero-order valence-electron chi connectivity index (χ0n) is 30.7. The molecule has 286 valence electrons. The van der Waals surface area contributed by atoms with Gasteiger partial charge in [0.25, 0.3) is 5.91 Å². The van der Waals surface area contributed by atoms with Crippen LogP contribution in [0.3, 0.4) is 0 Å². The molecule has 2 fully saturated rings. The molecule has 2 aromatic heterocycles. The predicted octanol–water partition coefficient (Wildman–Crippen LogP) is 5.93. The average molecular weight is 787 g/mol. The second-order valence-electron chi connectivity index (χ2n) is 14.4. The van der Waals surface area contributed by atoms with Gasteiger partial charge in [0.05, 0.1) is 29.7 Å². The lowest BCUT2D eigenvalue weighted by molar-refractivity contribution is -0.130. The van der Waals surface area contributed by atoms with Crippen molar-refractivity contribution in [2.24, 2.45) is 5.92 Å². The number of nitrogens with zero attached hydrogens (tertiary/aromatic N) is 3. The van der Waals surface area contributed by atoms with Gasteiger partial charge in [-0.05, 0) is 63.0 Å². The first-order chi connectivity index (χ1) is 25.2. The Bertz CT molecular complexity index is 2030. The molecule has 2 aliphatic carbocycles. The molecule has 0 spiro atoms. The molecule has 3 aliphatic rings. The van der Waals surface area contributed by atoms with Gasteiger partial charge >= 0.3 is 6.03 Å². The molecule has 3 heterocycles. The summed E-state index contributed by atoms with van der Waals surface area (Å²) in [6, 6.07) is 3.72. The highest BCUT2D eigenvalue weighted by Gasteiger charge is 2.63. The SMILES string of the molecule is CCC1(S(=O)(=O)NC(=O)[C@@]23CC2/C=C\CCCCN(C)C(=O)NC(CCOc2cc(-c4nc(C(C)C)cs4)nc4c(Cl)c(OC)ccc24)C(=O)N3)CC1. The predicted molar refractivity (Wildman–Crippen MR) is 205 cm³/mol. The van der Waals surface area contributed by atoms with Crippen LogP contribution in [0.5, 0.6) is 11.5 Å².